The minimum Gasteiger partial charge on any atom is -0.457 e. The van der Waals surface area contributed by atoms with E-state index in [0.717, 1.165) is 17.2 Å². The molecule has 2 aromatic carbocycles. The van der Waals surface area contributed by atoms with Crippen LogP contribution in [0.15, 0.2) is 54.6 Å². The molecular weight excluding hydrogens is 218 g/mol. The summed E-state index contributed by atoms with van der Waals surface area (Å²) in [5, 5.41) is 2.81. The first-order valence-electron chi connectivity index (χ1n) is 4.84. The molecule has 1 N–H and O–H groups in total. The summed E-state index contributed by atoms with van der Waals surface area (Å²) < 4.78 is 5.64. The van der Waals surface area contributed by atoms with Crippen molar-refractivity contribution >= 4 is 23.4 Å². The lowest BCUT2D eigenvalue weighted by Crippen LogP contribution is -1.91. The van der Waals surface area contributed by atoms with Gasteiger partial charge in [0.1, 0.15) is 17.0 Å². The number of hydrogen-bond acceptors (Lipinski definition) is 2. The van der Waals surface area contributed by atoms with Crippen LogP contribution in [0.5, 0.6) is 11.5 Å². The Bertz CT molecular complexity index is 453. The van der Waals surface area contributed by atoms with Crippen molar-refractivity contribution in [3.8, 4) is 11.5 Å². The molecule has 0 fully saturated rings. The van der Waals surface area contributed by atoms with Crippen LogP contribution in [0.1, 0.15) is 0 Å². The Labute approximate surface area is 99.9 Å². The van der Waals surface area contributed by atoms with Gasteiger partial charge < -0.3 is 10.1 Å². The molecule has 0 heterocycles. The highest BCUT2D eigenvalue weighted by Gasteiger charge is 1.96. The van der Waals surface area contributed by atoms with E-state index in [4.69, 9.17) is 4.74 Å². The second-order valence-corrected chi connectivity index (χ2v) is 3.37. The summed E-state index contributed by atoms with van der Waals surface area (Å²) in [6, 6.07) is 17.2. The molecule has 0 spiro atoms. The van der Waals surface area contributed by atoms with Gasteiger partial charge in [0.15, 0.2) is 0 Å². The number of benzene rings is 2. The number of hydrogen-bond donors (Lipinski definition) is 1. The Balaban J connectivity index is 2.08. The summed E-state index contributed by atoms with van der Waals surface area (Å²) in [5.41, 5.74) is 3.34. The van der Waals surface area contributed by atoms with Crippen molar-refractivity contribution in [2.45, 2.75) is 0 Å². The van der Waals surface area contributed by atoms with E-state index in [0.29, 0.717) is 0 Å². The maximum Gasteiger partial charge on any atom is 0.138 e. The Morgan fingerprint density at radius 3 is 2.12 bits per heavy atom. The van der Waals surface area contributed by atoms with E-state index in [9.17, 15) is 0 Å². The average molecular weight is 228 g/mol. The summed E-state index contributed by atoms with van der Waals surface area (Å²) in [4.78, 5) is 0. The van der Waals surface area contributed by atoms with Crippen molar-refractivity contribution < 1.29 is 4.74 Å². The van der Waals surface area contributed by atoms with Crippen LogP contribution >= 0.6 is 12.2 Å². The number of anilines is 1. The lowest BCUT2D eigenvalue weighted by Gasteiger charge is -2.05. The lowest BCUT2D eigenvalue weighted by molar-refractivity contribution is 0.483. The largest absolute Gasteiger partial charge is 0.457 e. The Morgan fingerprint density at radius 1 is 0.875 bits per heavy atom. The minimum atomic E-state index is 0.793. The van der Waals surface area contributed by atoms with Gasteiger partial charge in [-0.2, -0.15) is 0 Å². The number of thiocarbonyl (C=S) groups is 1. The van der Waals surface area contributed by atoms with Gasteiger partial charge in [-0.1, -0.05) is 30.4 Å². The molecule has 2 rings (SSSR count). The highest BCUT2D eigenvalue weighted by Crippen LogP contribution is 2.22. The molecule has 2 aromatic rings. The van der Waals surface area contributed by atoms with Crippen molar-refractivity contribution in [1.82, 2.24) is 0 Å². The predicted octanol–water partition coefficient (Wildman–Crippen LogP) is 3.73. The highest BCUT2D eigenvalue weighted by molar-refractivity contribution is 7.79. The van der Waals surface area contributed by atoms with Crippen LogP contribution in [0, 0.1) is 0 Å². The van der Waals surface area contributed by atoms with Crippen molar-refractivity contribution in [3.63, 3.8) is 0 Å². The molecule has 2 nitrogen and oxygen atoms in total. The van der Waals surface area contributed by atoms with Gasteiger partial charge >= 0.3 is 0 Å². The zero-order chi connectivity index (χ0) is 11.2. The molecule has 0 aromatic heterocycles. The summed E-state index contributed by atoms with van der Waals surface area (Å²) in [7, 11) is 0. The smallest absolute Gasteiger partial charge is 0.138 e. The molecule has 0 unspecified atom stereocenters. The van der Waals surface area contributed by atoms with Gasteiger partial charge in [0, 0.05) is 5.69 Å². The number of ether oxygens (including phenoxy) is 1. The van der Waals surface area contributed by atoms with Gasteiger partial charge in [0.2, 0.25) is 0 Å². The second kappa shape index (κ2) is 5.28. The van der Waals surface area contributed by atoms with E-state index in [1.807, 2.05) is 54.6 Å². The fraction of sp³-hybridized carbons (Fsp3) is 0. The number of nitrogens with one attached hydrogen (secondary N) is 1. The molecule has 79 valence electrons. The van der Waals surface area contributed by atoms with E-state index < -0.39 is 0 Å². The first-order valence-corrected chi connectivity index (χ1v) is 5.25. The van der Waals surface area contributed by atoms with Gasteiger partial charge in [-0.15, -0.1) is 0 Å². The Morgan fingerprint density at radius 2 is 1.50 bits per heavy atom. The van der Waals surface area contributed by atoms with Crippen LogP contribution in [0.2, 0.25) is 0 Å². The molecule has 0 saturated heterocycles. The van der Waals surface area contributed by atoms with Crippen molar-refractivity contribution in [2.24, 2.45) is 0 Å². The van der Waals surface area contributed by atoms with Gasteiger partial charge in [0.25, 0.3) is 0 Å². The molecule has 0 atom stereocenters. The fourth-order valence-corrected chi connectivity index (χ4v) is 1.41. The molecule has 0 saturated carbocycles. The molecule has 0 aliphatic heterocycles. The van der Waals surface area contributed by atoms with Crippen LogP contribution < -0.4 is 10.1 Å². The first-order chi connectivity index (χ1) is 7.88. The summed E-state index contributed by atoms with van der Waals surface area (Å²) in [6.07, 6.45) is 0. The zero-order valence-electron chi connectivity index (χ0n) is 8.51. The van der Waals surface area contributed by atoms with Gasteiger partial charge in [-0.05, 0) is 36.4 Å². The SMILES string of the molecule is S=[C]Nc1ccc(Oc2ccccc2)cc1. The van der Waals surface area contributed by atoms with Gasteiger partial charge in [-0.3, -0.25) is 0 Å². The number of rotatable bonds is 4. The standard InChI is InChI=1S/C13H10NOS/c16-10-14-11-6-8-13(9-7-11)15-12-4-2-1-3-5-12/h1-9H,(H,14,16). The monoisotopic (exact) mass is 228 g/mol. The van der Waals surface area contributed by atoms with Crippen LogP contribution in [-0.2, 0) is 0 Å². The zero-order valence-corrected chi connectivity index (χ0v) is 9.33. The van der Waals surface area contributed by atoms with E-state index in [2.05, 4.69) is 23.0 Å². The van der Waals surface area contributed by atoms with E-state index in [1.54, 1.807) is 0 Å². The quantitative estimate of drug-likeness (QED) is 0.636. The molecule has 1 radical (unpaired) electrons. The second-order valence-electron chi connectivity index (χ2n) is 3.17. The van der Waals surface area contributed by atoms with Crippen LogP contribution in [0.4, 0.5) is 5.69 Å². The van der Waals surface area contributed by atoms with Gasteiger partial charge in [0.05, 0.1) is 0 Å². The third kappa shape index (κ3) is 2.81. The Kier molecular flexibility index (Phi) is 3.51. The maximum absolute atomic E-state index is 5.64. The molecular formula is C13H10NOS. The third-order valence-corrected chi connectivity index (χ3v) is 2.13. The summed E-state index contributed by atoms with van der Waals surface area (Å²) in [6.45, 7) is 0. The lowest BCUT2D eigenvalue weighted by atomic mass is 10.3. The van der Waals surface area contributed by atoms with E-state index in [1.165, 1.54) is 0 Å². The maximum atomic E-state index is 5.64. The van der Waals surface area contributed by atoms with Gasteiger partial charge in [-0.25, -0.2) is 0 Å². The molecule has 16 heavy (non-hydrogen) atoms. The highest BCUT2D eigenvalue weighted by atomic mass is 32.1. The first kappa shape index (κ1) is 10.6. The van der Waals surface area contributed by atoms with E-state index in [-0.39, 0.29) is 0 Å². The normalized spacial score (nSPS) is 9.50. The Hall–Kier alpha value is -1.87. The minimum absolute atomic E-state index is 0.793. The summed E-state index contributed by atoms with van der Waals surface area (Å²) in [5.74, 6) is 1.62. The molecule has 0 amide bonds. The average Bonchev–Trinajstić information content (AvgIpc) is 2.33. The van der Waals surface area contributed by atoms with Crippen molar-refractivity contribution in [2.75, 3.05) is 5.32 Å². The number of para-hydroxylation sites is 1. The van der Waals surface area contributed by atoms with E-state index >= 15 is 0 Å². The molecule has 0 aliphatic rings. The fourth-order valence-electron chi connectivity index (χ4n) is 1.29. The molecule has 0 bridgehead atoms. The third-order valence-electron chi connectivity index (χ3n) is 2.03. The summed E-state index contributed by atoms with van der Waals surface area (Å²) >= 11 is 4.58. The topological polar surface area (TPSA) is 21.3 Å². The van der Waals surface area contributed by atoms with Crippen molar-refractivity contribution in [1.29, 1.82) is 0 Å². The van der Waals surface area contributed by atoms with Crippen LogP contribution in [0.25, 0.3) is 0 Å². The molecule has 3 heteroatoms. The predicted molar refractivity (Wildman–Crippen MR) is 69.2 cm³/mol. The van der Waals surface area contributed by atoms with Crippen molar-refractivity contribution in [3.05, 3.63) is 54.6 Å². The van der Waals surface area contributed by atoms with Crippen LogP contribution in [-0.4, -0.2) is 5.49 Å². The molecule has 0 aliphatic carbocycles. The van der Waals surface area contributed by atoms with Crippen LogP contribution in [0.3, 0.4) is 0 Å².